The highest BCUT2D eigenvalue weighted by Crippen LogP contribution is 2.03. The Morgan fingerprint density at radius 3 is 2.57 bits per heavy atom. The van der Waals surface area contributed by atoms with Gasteiger partial charge in [0.25, 0.3) is 0 Å². The molecule has 2 radical (unpaired) electrons. The van der Waals surface area contributed by atoms with E-state index in [-0.39, 0.29) is 0 Å². The first-order chi connectivity index (χ1) is 3.41. The molecule has 1 heteroatoms. The van der Waals surface area contributed by atoms with Gasteiger partial charge in [-0.1, -0.05) is 42.1 Å². The normalized spacial score (nSPS) is 9.43. The highest BCUT2D eigenvalue weighted by Gasteiger charge is 1.81. The summed E-state index contributed by atoms with van der Waals surface area (Å²) in [6.45, 7) is 3.73. The van der Waals surface area contributed by atoms with Gasteiger partial charge in [-0.3, -0.25) is 0 Å². The lowest BCUT2D eigenvalue weighted by Crippen LogP contribution is -1.70. The lowest BCUT2D eigenvalue weighted by molar-refractivity contribution is 0.755. The molecule has 0 aromatic carbocycles. The van der Waals surface area contributed by atoms with Gasteiger partial charge >= 0.3 is 0 Å². The first-order valence-corrected chi connectivity index (χ1v) is 3.54. The molecule has 42 valence electrons. The lowest BCUT2D eigenvalue weighted by atomic mass is 10.2. The first-order valence-electron chi connectivity index (χ1n) is 2.63. The summed E-state index contributed by atoms with van der Waals surface area (Å²) in [7, 11) is 0. The molecule has 0 heterocycles. The maximum absolute atomic E-state index is 3.73. The Balaban J connectivity index is 2.45. The van der Waals surface area contributed by atoms with E-state index in [0.717, 1.165) is 6.42 Å². The molecule has 0 bridgehead atoms. The van der Waals surface area contributed by atoms with Gasteiger partial charge in [-0.25, -0.2) is 0 Å². The number of hydrogen-bond donors (Lipinski definition) is 0. The predicted molar refractivity (Wildman–Crippen MR) is 37.1 cm³/mol. The molecule has 0 aromatic rings. The van der Waals surface area contributed by atoms with Crippen molar-refractivity contribution in [3.8, 4) is 0 Å². The van der Waals surface area contributed by atoms with Crippen LogP contribution in [0.15, 0.2) is 0 Å². The van der Waals surface area contributed by atoms with Crippen LogP contribution in [0, 0.1) is 12.3 Å². The molecule has 0 nitrogen and oxygen atoms in total. The van der Waals surface area contributed by atoms with Gasteiger partial charge in [-0.15, -0.1) is 0 Å². The largest absolute Gasteiger partial charge is 0.0879 e. The van der Waals surface area contributed by atoms with Gasteiger partial charge in [-0.2, -0.15) is 0 Å². The average Bonchev–Trinajstić information content (AvgIpc) is 1.69. The molecule has 0 saturated heterocycles. The predicted octanol–water partition coefficient (Wildman–Crippen LogP) is 2.94. The van der Waals surface area contributed by atoms with E-state index in [1.807, 2.05) is 5.33 Å². The highest BCUT2D eigenvalue weighted by atomic mass is 79.9. The Labute approximate surface area is 54.4 Å². The third-order valence-corrected chi connectivity index (χ3v) is 1.27. The van der Waals surface area contributed by atoms with Gasteiger partial charge < -0.3 is 0 Å². The highest BCUT2D eigenvalue weighted by molar-refractivity contribution is 9.10. The molecular weight excluding hydrogens is 152 g/mol. The molecule has 0 spiro atoms. The van der Waals surface area contributed by atoms with E-state index in [2.05, 4.69) is 22.9 Å². The number of rotatable bonds is 4. The van der Waals surface area contributed by atoms with Crippen LogP contribution in [-0.2, 0) is 0 Å². The van der Waals surface area contributed by atoms with Crippen molar-refractivity contribution in [3.63, 3.8) is 0 Å². The van der Waals surface area contributed by atoms with Crippen LogP contribution >= 0.6 is 15.9 Å². The molecular formula is C6H11Br. The fourth-order valence-electron chi connectivity index (χ4n) is 0.398. The Morgan fingerprint density at radius 1 is 1.43 bits per heavy atom. The van der Waals surface area contributed by atoms with Gasteiger partial charge in [0, 0.05) is 5.33 Å². The van der Waals surface area contributed by atoms with Crippen molar-refractivity contribution in [2.24, 2.45) is 0 Å². The summed E-state index contributed by atoms with van der Waals surface area (Å²) < 4.78 is 0. The maximum atomic E-state index is 3.73. The van der Waals surface area contributed by atoms with Crippen molar-refractivity contribution >= 4 is 15.9 Å². The SMILES string of the molecule is [CH2]CCCC[CH]Br. The van der Waals surface area contributed by atoms with Crippen molar-refractivity contribution in [1.29, 1.82) is 0 Å². The minimum Gasteiger partial charge on any atom is -0.0879 e. The molecule has 0 aliphatic rings. The first kappa shape index (κ1) is 7.48. The quantitative estimate of drug-likeness (QED) is 0.559. The molecule has 0 saturated carbocycles. The van der Waals surface area contributed by atoms with Crippen molar-refractivity contribution < 1.29 is 0 Å². The van der Waals surface area contributed by atoms with Crippen LogP contribution in [-0.4, -0.2) is 0 Å². The molecule has 0 N–H and O–H groups in total. The van der Waals surface area contributed by atoms with E-state index in [1.54, 1.807) is 0 Å². The van der Waals surface area contributed by atoms with E-state index < -0.39 is 0 Å². The van der Waals surface area contributed by atoms with Crippen LogP contribution in [0.25, 0.3) is 0 Å². The van der Waals surface area contributed by atoms with Crippen LogP contribution in [0.5, 0.6) is 0 Å². The summed E-state index contributed by atoms with van der Waals surface area (Å²) in [6.07, 6.45) is 4.77. The van der Waals surface area contributed by atoms with Crippen molar-refractivity contribution in [1.82, 2.24) is 0 Å². The minimum atomic E-state index is 1.07. The standard InChI is InChI=1S/C6H11Br/c1-2-3-4-5-6-7/h6H,1-5H2. The molecule has 7 heavy (non-hydrogen) atoms. The van der Waals surface area contributed by atoms with E-state index in [9.17, 15) is 0 Å². The summed E-state index contributed by atoms with van der Waals surface area (Å²) >= 11 is 3.23. The second kappa shape index (κ2) is 6.48. The number of unbranched alkanes of at least 4 members (excludes halogenated alkanes) is 3. The van der Waals surface area contributed by atoms with Crippen LogP contribution in [0.1, 0.15) is 25.7 Å². The second-order valence-electron chi connectivity index (χ2n) is 1.50. The Morgan fingerprint density at radius 2 is 2.14 bits per heavy atom. The van der Waals surface area contributed by atoms with Gasteiger partial charge in [0.1, 0.15) is 0 Å². The Hall–Kier alpha value is 0.480. The zero-order chi connectivity index (χ0) is 5.54. The lowest BCUT2D eigenvalue weighted by Gasteiger charge is -1.89. The average molecular weight is 163 g/mol. The van der Waals surface area contributed by atoms with E-state index in [0.29, 0.717) is 0 Å². The van der Waals surface area contributed by atoms with Crippen molar-refractivity contribution in [3.05, 3.63) is 12.3 Å². The van der Waals surface area contributed by atoms with Gasteiger partial charge in [0.05, 0.1) is 0 Å². The molecule has 0 aliphatic heterocycles. The zero-order valence-electron chi connectivity index (χ0n) is 4.49. The smallest absolute Gasteiger partial charge is 0.0271 e. The van der Waals surface area contributed by atoms with Crippen LogP contribution in [0.3, 0.4) is 0 Å². The molecule has 0 amide bonds. The topological polar surface area (TPSA) is 0 Å². The van der Waals surface area contributed by atoms with Crippen LogP contribution < -0.4 is 0 Å². The van der Waals surface area contributed by atoms with E-state index in [1.165, 1.54) is 19.3 Å². The Kier molecular flexibility index (Phi) is 6.92. The summed E-state index contributed by atoms with van der Waals surface area (Å²) in [6, 6.07) is 0. The molecule has 0 aromatic heterocycles. The molecule has 0 unspecified atom stereocenters. The van der Waals surface area contributed by atoms with Crippen molar-refractivity contribution in [2.45, 2.75) is 25.7 Å². The van der Waals surface area contributed by atoms with Crippen LogP contribution in [0.2, 0.25) is 0 Å². The second-order valence-corrected chi connectivity index (χ2v) is 2.15. The zero-order valence-corrected chi connectivity index (χ0v) is 6.08. The van der Waals surface area contributed by atoms with E-state index >= 15 is 0 Å². The molecule has 0 atom stereocenters. The molecule has 0 rings (SSSR count). The van der Waals surface area contributed by atoms with Gasteiger partial charge in [-0.05, 0) is 6.42 Å². The fraction of sp³-hybridized carbons (Fsp3) is 0.667. The maximum Gasteiger partial charge on any atom is 0.0271 e. The van der Waals surface area contributed by atoms with Crippen molar-refractivity contribution in [2.75, 3.05) is 0 Å². The van der Waals surface area contributed by atoms with Crippen LogP contribution in [0.4, 0.5) is 0 Å². The third kappa shape index (κ3) is 6.48. The summed E-state index contributed by atoms with van der Waals surface area (Å²) in [5, 5.41) is 2.02. The summed E-state index contributed by atoms with van der Waals surface area (Å²) in [4.78, 5) is 0. The monoisotopic (exact) mass is 162 g/mol. The van der Waals surface area contributed by atoms with Gasteiger partial charge in [0.2, 0.25) is 0 Å². The van der Waals surface area contributed by atoms with E-state index in [4.69, 9.17) is 0 Å². The number of halogens is 1. The van der Waals surface area contributed by atoms with Gasteiger partial charge in [0.15, 0.2) is 0 Å². The molecule has 0 aliphatic carbocycles. The molecule has 0 fully saturated rings. The Bertz CT molecular complexity index is 23.4. The number of hydrogen-bond acceptors (Lipinski definition) is 0. The fourth-order valence-corrected chi connectivity index (χ4v) is 0.722. The minimum absolute atomic E-state index is 1.07. The third-order valence-electron chi connectivity index (χ3n) is 0.813. The summed E-state index contributed by atoms with van der Waals surface area (Å²) in [5.74, 6) is 0. The summed E-state index contributed by atoms with van der Waals surface area (Å²) in [5.41, 5.74) is 0.